The number of thioether (sulfide) groups is 1. The molecule has 2 aromatic rings. The molecule has 6 heteroatoms. The Balaban J connectivity index is 1.31. The summed E-state index contributed by atoms with van der Waals surface area (Å²) in [7, 11) is 2.00. The van der Waals surface area contributed by atoms with Crippen LogP contribution in [-0.4, -0.2) is 69.8 Å². The third kappa shape index (κ3) is 3.94. The fourth-order valence-electron chi connectivity index (χ4n) is 4.67. The van der Waals surface area contributed by atoms with Crippen molar-refractivity contribution in [1.29, 1.82) is 0 Å². The molecule has 4 rings (SSSR count). The number of aliphatic hydroxyl groups excluding tert-OH is 1. The fourth-order valence-corrected chi connectivity index (χ4v) is 5.60. The van der Waals surface area contributed by atoms with E-state index >= 15 is 0 Å². The van der Waals surface area contributed by atoms with E-state index in [0.29, 0.717) is 12.5 Å². The lowest BCUT2D eigenvalue weighted by atomic mass is 9.82. The number of fused-ring (bicyclic) bond motifs is 1. The number of likely N-dealkylation sites (tertiary alicyclic amines) is 2. The van der Waals surface area contributed by atoms with Crippen molar-refractivity contribution in [1.82, 2.24) is 19.6 Å². The molecule has 1 N–H and O–H groups in total. The SMILES string of the molecule is Cc1c(CN2CC3CN(CCSc4ccccc4)CC3(CO)C2)cnn1C. The second kappa shape index (κ2) is 7.95. The molecule has 0 amide bonds. The lowest BCUT2D eigenvalue weighted by molar-refractivity contribution is 0.112. The van der Waals surface area contributed by atoms with Crippen LogP contribution < -0.4 is 0 Å². The van der Waals surface area contributed by atoms with Gasteiger partial charge in [0, 0.05) is 73.6 Å². The number of nitrogens with zero attached hydrogens (tertiary/aromatic N) is 4. The summed E-state index contributed by atoms with van der Waals surface area (Å²) in [5, 5.41) is 14.6. The molecule has 0 bridgehead atoms. The number of rotatable bonds is 7. The van der Waals surface area contributed by atoms with E-state index in [1.165, 1.54) is 16.2 Å². The number of aliphatic hydroxyl groups is 1. The summed E-state index contributed by atoms with van der Waals surface area (Å²) in [6.07, 6.45) is 1.99. The van der Waals surface area contributed by atoms with Crippen molar-refractivity contribution in [2.24, 2.45) is 18.4 Å². The molecule has 2 unspecified atom stereocenters. The van der Waals surface area contributed by atoms with Crippen LogP contribution in [-0.2, 0) is 13.6 Å². The topological polar surface area (TPSA) is 44.5 Å². The van der Waals surface area contributed by atoms with Gasteiger partial charge >= 0.3 is 0 Å². The number of aryl methyl sites for hydroxylation is 1. The van der Waals surface area contributed by atoms with E-state index in [-0.39, 0.29) is 5.41 Å². The van der Waals surface area contributed by atoms with E-state index in [1.807, 2.05) is 29.7 Å². The zero-order valence-electron chi connectivity index (χ0n) is 16.3. The zero-order valence-corrected chi connectivity index (χ0v) is 17.2. The van der Waals surface area contributed by atoms with Gasteiger partial charge in [-0.05, 0) is 25.0 Å². The van der Waals surface area contributed by atoms with Gasteiger partial charge in [0.15, 0.2) is 0 Å². The highest BCUT2D eigenvalue weighted by Gasteiger charge is 2.51. The summed E-state index contributed by atoms with van der Waals surface area (Å²) >= 11 is 1.92. The van der Waals surface area contributed by atoms with Gasteiger partial charge in [0.2, 0.25) is 0 Å². The number of hydrogen-bond donors (Lipinski definition) is 1. The van der Waals surface area contributed by atoms with Crippen LogP contribution in [0.4, 0.5) is 0 Å². The van der Waals surface area contributed by atoms with Gasteiger partial charge in [-0.15, -0.1) is 11.8 Å². The van der Waals surface area contributed by atoms with Crippen LogP contribution in [0.1, 0.15) is 11.3 Å². The minimum Gasteiger partial charge on any atom is -0.396 e. The molecule has 2 aliphatic heterocycles. The van der Waals surface area contributed by atoms with Gasteiger partial charge in [-0.25, -0.2) is 0 Å². The summed E-state index contributed by atoms with van der Waals surface area (Å²) in [6, 6.07) is 10.6. The van der Waals surface area contributed by atoms with E-state index in [0.717, 1.165) is 45.0 Å². The Bertz CT molecular complexity index is 765. The van der Waals surface area contributed by atoms with Crippen molar-refractivity contribution in [2.75, 3.05) is 45.1 Å². The average Bonchev–Trinajstić information content (AvgIpc) is 3.28. The van der Waals surface area contributed by atoms with Gasteiger partial charge < -0.3 is 10.0 Å². The number of benzene rings is 1. The van der Waals surface area contributed by atoms with Gasteiger partial charge in [0.1, 0.15) is 0 Å². The van der Waals surface area contributed by atoms with Crippen LogP contribution >= 0.6 is 11.8 Å². The molecular weight excluding hydrogens is 356 g/mol. The minimum atomic E-state index is 0.0491. The Labute approximate surface area is 166 Å². The molecule has 146 valence electrons. The molecule has 2 atom stereocenters. The quantitative estimate of drug-likeness (QED) is 0.740. The number of aromatic nitrogens is 2. The van der Waals surface area contributed by atoms with Gasteiger partial charge in [-0.1, -0.05) is 18.2 Å². The third-order valence-corrected chi connectivity index (χ3v) is 7.36. The maximum Gasteiger partial charge on any atom is 0.0537 e. The predicted molar refractivity (Wildman–Crippen MR) is 110 cm³/mol. The summed E-state index contributed by atoms with van der Waals surface area (Å²) in [5.41, 5.74) is 2.60. The molecule has 1 aromatic heterocycles. The van der Waals surface area contributed by atoms with Gasteiger partial charge in [-0.2, -0.15) is 5.10 Å². The van der Waals surface area contributed by atoms with Crippen LogP contribution in [0.25, 0.3) is 0 Å². The second-order valence-corrected chi connectivity index (χ2v) is 9.33. The van der Waals surface area contributed by atoms with Gasteiger partial charge in [-0.3, -0.25) is 9.58 Å². The van der Waals surface area contributed by atoms with Crippen molar-refractivity contribution < 1.29 is 5.11 Å². The van der Waals surface area contributed by atoms with Crippen molar-refractivity contribution in [3.8, 4) is 0 Å². The molecule has 27 heavy (non-hydrogen) atoms. The first kappa shape index (κ1) is 19.0. The first-order valence-electron chi connectivity index (χ1n) is 9.80. The Kier molecular flexibility index (Phi) is 5.60. The molecule has 0 saturated carbocycles. The largest absolute Gasteiger partial charge is 0.396 e. The molecule has 3 heterocycles. The van der Waals surface area contributed by atoms with Gasteiger partial charge in [0.25, 0.3) is 0 Å². The standard InChI is InChI=1S/C21H30N4OS/c1-17-18(10-22-23(17)2)11-25-13-19-12-24(14-21(19,15-25)16-26)8-9-27-20-6-4-3-5-7-20/h3-7,10,19,26H,8-9,11-16H2,1-2H3. The average molecular weight is 387 g/mol. The van der Waals surface area contributed by atoms with Crippen molar-refractivity contribution in [3.05, 3.63) is 47.8 Å². The van der Waals surface area contributed by atoms with E-state index < -0.39 is 0 Å². The minimum absolute atomic E-state index is 0.0491. The normalized spacial score (nSPS) is 26.0. The van der Waals surface area contributed by atoms with E-state index in [9.17, 15) is 5.11 Å². The maximum absolute atomic E-state index is 10.2. The smallest absolute Gasteiger partial charge is 0.0537 e. The Morgan fingerprint density at radius 2 is 1.93 bits per heavy atom. The van der Waals surface area contributed by atoms with Crippen LogP contribution in [0.3, 0.4) is 0 Å². The number of hydrogen-bond acceptors (Lipinski definition) is 5. The lowest BCUT2D eigenvalue weighted by Gasteiger charge is -2.27. The van der Waals surface area contributed by atoms with E-state index in [1.54, 1.807) is 0 Å². The monoisotopic (exact) mass is 386 g/mol. The summed E-state index contributed by atoms with van der Waals surface area (Å²) in [4.78, 5) is 6.41. The van der Waals surface area contributed by atoms with Crippen LogP contribution in [0.5, 0.6) is 0 Å². The molecule has 2 fully saturated rings. The highest BCUT2D eigenvalue weighted by Crippen LogP contribution is 2.42. The molecule has 2 aliphatic rings. The van der Waals surface area contributed by atoms with E-state index in [2.05, 4.69) is 52.2 Å². The zero-order chi connectivity index (χ0) is 18.9. The molecule has 0 radical (unpaired) electrons. The van der Waals surface area contributed by atoms with Crippen LogP contribution in [0.2, 0.25) is 0 Å². The highest BCUT2D eigenvalue weighted by molar-refractivity contribution is 7.99. The highest BCUT2D eigenvalue weighted by atomic mass is 32.2. The molecule has 5 nitrogen and oxygen atoms in total. The summed E-state index contributed by atoms with van der Waals surface area (Å²) in [6.45, 7) is 8.67. The Morgan fingerprint density at radius 1 is 1.19 bits per heavy atom. The van der Waals surface area contributed by atoms with Crippen molar-refractivity contribution in [2.45, 2.75) is 18.4 Å². The van der Waals surface area contributed by atoms with Crippen molar-refractivity contribution >= 4 is 11.8 Å². The second-order valence-electron chi connectivity index (χ2n) is 8.16. The van der Waals surface area contributed by atoms with Crippen LogP contribution in [0, 0.1) is 18.3 Å². The lowest BCUT2D eigenvalue weighted by Crippen LogP contribution is -2.37. The van der Waals surface area contributed by atoms with Crippen LogP contribution in [0.15, 0.2) is 41.4 Å². The predicted octanol–water partition coefficient (Wildman–Crippen LogP) is 2.25. The molecule has 0 spiro atoms. The molecular formula is C21H30N4OS. The van der Waals surface area contributed by atoms with E-state index in [4.69, 9.17) is 0 Å². The maximum atomic E-state index is 10.2. The molecule has 2 saturated heterocycles. The summed E-state index contributed by atoms with van der Waals surface area (Å²) < 4.78 is 1.94. The van der Waals surface area contributed by atoms with Crippen molar-refractivity contribution in [3.63, 3.8) is 0 Å². The Hall–Kier alpha value is -1.34. The summed E-state index contributed by atoms with van der Waals surface area (Å²) in [5.74, 6) is 1.68. The molecule has 0 aliphatic carbocycles. The molecule has 1 aromatic carbocycles. The third-order valence-electron chi connectivity index (χ3n) is 6.37. The first-order valence-corrected chi connectivity index (χ1v) is 10.8. The fraction of sp³-hybridized carbons (Fsp3) is 0.571. The Morgan fingerprint density at radius 3 is 2.59 bits per heavy atom. The first-order chi connectivity index (χ1) is 13.1. The van der Waals surface area contributed by atoms with Gasteiger partial charge in [0.05, 0.1) is 12.8 Å².